The monoisotopic (exact) mass is 758 g/mol. The first kappa shape index (κ1) is 52.3. The molecule has 0 bridgehead atoms. The minimum Gasteiger partial charge on any atom is -0.394 e. The second-order valence-electron chi connectivity index (χ2n) is 15.9. The highest BCUT2D eigenvalue weighted by molar-refractivity contribution is 5.76. The van der Waals surface area contributed by atoms with Crippen molar-refractivity contribution in [3.8, 4) is 0 Å². The average molecular weight is 758 g/mol. The van der Waals surface area contributed by atoms with Crippen molar-refractivity contribution in [2.24, 2.45) is 0 Å². The highest BCUT2D eigenvalue weighted by Gasteiger charge is 2.26. The highest BCUT2D eigenvalue weighted by atomic mass is 16.3. The molecule has 0 aliphatic heterocycles. The van der Waals surface area contributed by atoms with E-state index in [0.29, 0.717) is 12.8 Å². The second-order valence-corrected chi connectivity index (χ2v) is 15.9. The third kappa shape index (κ3) is 38.6. The Balaban J connectivity index is 3.70. The molecular formula is C49H91NO4. The Morgan fingerprint density at radius 2 is 0.815 bits per heavy atom. The number of nitrogens with one attached hydrogen (secondary N) is 1. The van der Waals surface area contributed by atoms with Crippen molar-refractivity contribution in [3.05, 3.63) is 48.6 Å². The predicted molar refractivity (Wildman–Crippen MR) is 236 cm³/mol. The fraction of sp³-hybridized carbons (Fsp3) is 0.816. The molecule has 0 aromatic rings. The van der Waals surface area contributed by atoms with Gasteiger partial charge < -0.3 is 20.6 Å². The van der Waals surface area contributed by atoms with Crippen LogP contribution in [-0.4, -0.2) is 46.1 Å². The van der Waals surface area contributed by atoms with Crippen molar-refractivity contribution in [3.63, 3.8) is 0 Å². The molecule has 0 heterocycles. The zero-order valence-electron chi connectivity index (χ0n) is 35.8. The maximum atomic E-state index is 12.4. The topological polar surface area (TPSA) is 89.8 Å². The maximum absolute atomic E-state index is 12.4. The van der Waals surface area contributed by atoms with Crippen LogP contribution in [0.1, 0.15) is 232 Å². The Kier molecular flexibility index (Phi) is 42.7. The first-order valence-electron chi connectivity index (χ1n) is 23.4. The predicted octanol–water partition coefficient (Wildman–Crippen LogP) is 13.7. The molecule has 3 atom stereocenters. The normalized spacial score (nSPS) is 13.9. The molecule has 0 aliphatic carbocycles. The van der Waals surface area contributed by atoms with E-state index >= 15 is 0 Å². The molecule has 0 aromatic heterocycles. The molecule has 0 aromatic carbocycles. The third-order valence-electron chi connectivity index (χ3n) is 10.6. The summed E-state index contributed by atoms with van der Waals surface area (Å²) >= 11 is 0. The summed E-state index contributed by atoms with van der Waals surface area (Å²) in [5, 5.41) is 33.5. The van der Waals surface area contributed by atoms with E-state index in [4.69, 9.17) is 0 Å². The fourth-order valence-electron chi connectivity index (χ4n) is 6.97. The van der Waals surface area contributed by atoms with Crippen LogP contribution in [0.15, 0.2) is 48.6 Å². The molecule has 316 valence electrons. The van der Waals surface area contributed by atoms with E-state index in [9.17, 15) is 20.1 Å². The minimum atomic E-state index is -1.17. The number of allylic oxidation sites excluding steroid dienone is 8. The zero-order chi connectivity index (χ0) is 39.4. The molecule has 4 N–H and O–H groups in total. The molecule has 3 unspecified atom stereocenters. The quantitative estimate of drug-likeness (QED) is 0.0369. The zero-order valence-corrected chi connectivity index (χ0v) is 35.8. The largest absolute Gasteiger partial charge is 0.394 e. The van der Waals surface area contributed by atoms with Crippen LogP contribution in [0.4, 0.5) is 0 Å². The lowest BCUT2D eigenvalue weighted by molar-refractivity contribution is -0.124. The van der Waals surface area contributed by atoms with Gasteiger partial charge in [-0.25, -0.2) is 0 Å². The van der Waals surface area contributed by atoms with Crippen LogP contribution in [0, 0.1) is 0 Å². The van der Waals surface area contributed by atoms with E-state index in [-0.39, 0.29) is 12.5 Å². The van der Waals surface area contributed by atoms with Gasteiger partial charge in [-0.15, -0.1) is 0 Å². The van der Waals surface area contributed by atoms with E-state index in [1.165, 1.54) is 148 Å². The third-order valence-corrected chi connectivity index (χ3v) is 10.6. The Bertz CT molecular complexity index is 881. The molecule has 1 amide bonds. The van der Waals surface area contributed by atoms with Crippen LogP contribution in [0.5, 0.6) is 0 Å². The number of rotatable bonds is 42. The van der Waals surface area contributed by atoms with Crippen molar-refractivity contribution in [2.45, 2.75) is 250 Å². The van der Waals surface area contributed by atoms with Crippen molar-refractivity contribution >= 4 is 5.91 Å². The smallest absolute Gasteiger partial charge is 0.220 e. The van der Waals surface area contributed by atoms with E-state index in [2.05, 4.69) is 67.8 Å². The number of amides is 1. The lowest BCUT2D eigenvalue weighted by Gasteiger charge is -2.26. The van der Waals surface area contributed by atoms with E-state index in [1.54, 1.807) is 0 Å². The molecule has 0 spiro atoms. The van der Waals surface area contributed by atoms with Crippen molar-refractivity contribution in [1.82, 2.24) is 5.32 Å². The summed E-state index contributed by atoms with van der Waals surface area (Å²) in [5.41, 5.74) is 0. The number of hydrogen-bond donors (Lipinski definition) is 4. The fourth-order valence-corrected chi connectivity index (χ4v) is 6.97. The summed E-state index contributed by atoms with van der Waals surface area (Å²) in [6.45, 7) is 4.16. The molecule has 5 nitrogen and oxygen atoms in total. The van der Waals surface area contributed by atoms with Gasteiger partial charge in [0.05, 0.1) is 18.8 Å². The highest BCUT2D eigenvalue weighted by Crippen LogP contribution is 2.14. The number of carbonyl (C=O) groups excluding carboxylic acids is 1. The Morgan fingerprint density at radius 1 is 0.463 bits per heavy atom. The van der Waals surface area contributed by atoms with Crippen LogP contribution < -0.4 is 5.32 Å². The Hall–Kier alpha value is -1.69. The van der Waals surface area contributed by atoms with Gasteiger partial charge in [0.15, 0.2) is 0 Å². The summed E-state index contributed by atoms with van der Waals surface area (Å²) in [5.74, 6) is -0.166. The number of carbonyl (C=O) groups is 1. The number of aliphatic hydroxyl groups is 3. The SMILES string of the molecule is CCCCCCCCCC/C=C/CC/C=C/CCCC(O)C(O)C(CO)NC(=O)CCCCCCCCC/C=C\C/C=C\CCCCCCCCCCC. The van der Waals surface area contributed by atoms with Crippen molar-refractivity contribution in [1.29, 1.82) is 0 Å². The Labute approximate surface area is 336 Å². The van der Waals surface area contributed by atoms with Crippen molar-refractivity contribution in [2.75, 3.05) is 6.61 Å². The van der Waals surface area contributed by atoms with Crippen LogP contribution in [-0.2, 0) is 4.79 Å². The molecule has 0 fully saturated rings. The summed E-state index contributed by atoms with van der Waals surface area (Å²) in [4.78, 5) is 12.4. The van der Waals surface area contributed by atoms with Gasteiger partial charge in [-0.05, 0) is 83.5 Å². The van der Waals surface area contributed by atoms with Crippen LogP contribution >= 0.6 is 0 Å². The molecular weight excluding hydrogens is 667 g/mol. The molecule has 0 radical (unpaired) electrons. The van der Waals surface area contributed by atoms with Gasteiger partial charge in [-0.2, -0.15) is 0 Å². The summed E-state index contributed by atoms with van der Waals surface area (Å²) in [6.07, 6.45) is 56.5. The molecule has 0 saturated heterocycles. The summed E-state index contributed by atoms with van der Waals surface area (Å²) < 4.78 is 0. The van der Waals surface area contributed by atoms with Gasteiger partial charge in [0.1, 0.15) is 6.10 Å². The van der Waals surface area contributed by atoms with E-state index in [0.717, 1.165) is 57.8 Å². The van der Waals surface area contributed by atoms with Gasteiger partial charge in [0.2, 0.25) is 5.91 Å². The molecule has 0 saturated carbocycles. The first-order chi connectivity index (χ1) is 26.6. The first-order valence-corrected chi connectivity index (χ1v) is 23.4. The van der Waals surface area contributed by atoms with E-state index < -0.39 is 18.2 Å². The summed E-state index contributed by atoms with van der Waals surface area (Å²) in [6, 6.07) is -0.838. The lowest BCUT2D eigenvalue weighted by Crippen LogP contribution is -2.50. The minimum absolute atomic E-state index is 0.166. The molecule has 54 heavy (non-hydrogen) atoms. The van der Waals surface area contributed by atoms with Gasteiger partial charge in [-0.3, -0.25) is 4.79 Å². The van der Waals surface area contributed by atoms with Crippen LogP contribution in [0.2, 0.25) is 0 Å². The Morgan fingerprint density at radius 3 is 1.24 bits per heavy atom. The van der Waals surface area contributed by atoms with Gasteiger partial charge >= 0.3 is 0 Å². The maximum Gasteiger partial charge on any atom is 0.220 e. The second kappa shape index (κ2) is 44.0. The van der Waals surface area contributed by atoms with Gasteiger partial charge in [-0.1, -0.05) is 191 Å². The van der Waals surface area contributed by atoms with E-state index in [1.807, 2.05) is 0 Å². The lowest BCUT2D eigenvalue weighted by atomic mass is 10.0. The average Bonchev–Trinajstić information content (AvgIpc) is 3.18. The molecule has 0 aliphatic rings. The number of hydrogen-bond acceptors (Lipinski definition) is 4. The van der Waals surface area contributed by atoms with Crippen LogP contribution in [0.3, 0.4) is 0 Å². The standard InChI is InChI=1S/C49H91NO4/c1-3-5-7-9-11-13-15-17-19-21-22-23-24-25-26-28-30-32-34-36-38-40-42-44-48(53)50-46(45-51)49(54)47(52)43-41-39-37-35-33-31-29-27-20-18-16-14-12-10-8-6-4-2/h22-23,25-27,29,35,37,46-47,49,51-52,54H,3-21,24,28,30-34,36,38-45H2,1-2H3,(H,50,53)/b23-22-,26-25-,29-27+,37-35+. The number of unbranched alkanes of at least 4 members (excludes halogenated alkanes) is 26. The van der Waals surface area contributed by atoms with Crippen molar-refractivity contribution < 1.29 is 20.1 Å². The van der Waals surface area contributed by atoms with Gasteiger partial charge in [0, 0.05) is 6.42 Å². The molecule has 5 heteroatoms. The number of aliphatic hydroxyl groups excluding tert-OH is 3. The summed E-state index contributed by atoms with van der Waals surface area (Å²) in [7, 11) is 0. The van der Waals surface area contributed by atoms with Crippen LogP contribution in [0.25, 0.3) is 0 Å². The molecule has 0 rings (SSSR count). The van der Waals surface area contributed by atoms with Gasteiger partial charge in [0.25, 0.3) is 0 Å².